The number of anilines is 1. The number of benzene rings is 4. The second-order valence-corrected chi connectivity index (χ2v) is 13.6. The van der Waals surface area contributed by atoms with E-state index in [0.717, 1.165) is 33.0 Å². The van der Waals surface area contributed by atoms with Crippen LogP contribution in [0.2, 0.25) is 0 Å². The molecule has 0 aromatic heterocycles. The molecule has 0 unspecified atom stereocenters. The number of nitrogens with zero attached hydrogens (tertiary/aromatic N) is 2. The van der Waals surface area contributed by atoms with E-state index in [1.165, 1.54) is 17.0 Å². The molecule has 0 radical (unpaired) electrons. The van der Waals surface area contributed by atoms with Crippen molar-refractivity contribution in [1.29, 1.82) is 0 Å². The standard InChI is InChI=1S/C38H45N3O5S/c1-6-30(5)39-38(43)36(25-31-11-9-8-10-12-31)40(26-32-17-13-28(3)14-18-32)37(42)27-41(33-19-15-29(4)16-20-33)47(44,45)35-23-21-34(22-24-35)46-7-2/h8-24,30,36H,6-7,25-27H2,1-5H3,(H,39,43)/t30-,36-/m1/s1. The average molecular weight is 656 g/mol. The van der Waals surface area contributed by atoms with Crippen molar-refractivity contribution < 1.29 is 22.7 Å². The zero-order chi connectivity index (χ0) is 34.0. The maximum absolute atomic E-state index is 14.6. The molecule has 2 amide bonds. The van der Waals surface area contributed by atoms with Crippen LogP contribution in [0, 0.1) is 13.8 Å². The Morgan fingerprint density at radius 1 is 0.787 bits per heavy atom. The number of hydrogen-bond donors (Lipinski definition) is 1. The third kappa shape index (κ3) is 9.45. The Bertz CT molecular complexity index is 1710. The molecule has 0 aliphatic heterocycles. The van der Waals surface area contributed by atoms with Gasteiger partial charge in [-0.2, -0.15) is 0 Å². The molecular formula is C38H45N3O5S. The smallest absolute Gasteiger partial charge is 0.264 e. The van der Waals surface area contributed by atoms with E-state index in [0.29, 0.717) is 18.0 Å². The summed E-state index contributed by atoms with van der Waals surface area (Å²) in [5, 5.41) is 3.07. The second kappa shape index (κ2) is 16.3. The van der Waals surface area contributed by atoms with Crippen molar-refractivity contribution in [3.63, 3.8) is 0 Å². The Morgan fingerprint density at radius 2 is 1.38 bits per heavy atom. The van der Waals surface area contributed by atoms with Gasteiger partial charge in [0.05, 0.1) is 17.2 Å². The lowest BCUT2D eigenvalue weighted by atomic mass is 10.0. The average Bonchev–Trinajstić information content (AvgIpc) is 3.07. The number of aryl methyl sites for hydroxylation is 2. The highest BCUT2D eigenvalue weighted by atomic mass is 32.2. The van der Waals surface area contributed by atoms with E-state index in [1.807, 2.05) is 101 Å². The minimum Gasteiger partial charge on any atom is -0.494 e. The number of hydrogen-bond acceptors (Lipinski definition) is 5. The van der Waals surface area contributed by atoms with Crippen molar-refractivity contribution in [3.8, 4) is 5.75 Å². The van der Waals surface area contributed by atoms with Crippen LogP contribution >= 0.6 is 0 Å². The summed E-state index contributed by atoms with van der Waals surface area (Å²) in [6.07, 6.45) is 0.980. The number of carbonyl (C=O) groups is 2. The van der Waals surface area contributed by atoms with Gasteiger partial charge in [-0.15, -0.1) is 0 Å². The van der Waals surface area contributed by atoms with Gasteiger partial charge in [0, 0.05) is 19.0 Å². The summed E-state index contributed by atoms with van der Waals surface area (Å²) in [6.45, 7) is 9.71. The lowest BCUT2D eigenvalue weighted by Gasteiger charge is -2.34. The quantitative estimate of drug-likeness (QED) is 0.159. The van der Waals surface area contributed by atoms with E-state index in [9.17, 15) is 18.0 Å². The summed E-state index contributed by atoms with van der Waals surface area (Å²) in [5.74, 6) is -0.245. The van der Waals surface area contributed by atoms with Gasteiger partial charge in [-0.05, 0) is 81.6 Å². The van der Waals surface area contributed by atoms with Gasteiger partial charge in [-0.3, -0.25) is 13.9 Å². The van der Waals surface area contributed by atoms with Crippen LogP contribution in [0.25, 0.3) is 0 Å². The van der Waals surface area contributed by atoms with Crippen molar-refractivity contribution in [2.45, 2.75) is 71.0 Å². The highest BCUT2D eigenvalue weighted by molar-refractivity contribution is 7.92. The van der Waals surface area contributed by atoms with E-state index in [-0.39, 0.29) is 29.8 Å². The minimum absolute atomic E-state index is 0.0229. The summed E-state index contributed by atoms with van der Waals surface area (Å²) in [7, 11) is -4.20. The first-order valence-electron chi connectivity index (χ1n) is 16.0. The van der Waals surface area contributed by atoms with E-state index >= 15 is 0 Å². The molecule has 2 atom stereocenters. The Hall–Kier alpha value is -4.63. The van der Waals surface area contributed by atoms with Crippen LogP contribution < -0.4 is 14.4 Å². The summed E-state index contributed by atoms with van der Waals surface area (Å²) < 4.78 is 35.2. The van der Waals surface area contributed by atoms with Crippen molar-refractivity contribution in [2.24, 2.45) is 0 Å². The molecule has 248 valence electrons. The number of carbonyl (C=O) groups excluding carboxylic acids is 2. The van der Waals surface area contributed by atoms with Crippen molar-refractivity contribution in [2.75, 3.05) is 17.5 Å². The van der Waals surface area contributed by atoms with Crippen molar-refractivity contribution in [1.82, 2.24) is 10.2 Å². The summed E-state index contributed by atoms with van der Waals surface area (Å²) in [6, 6.07) is 29.5. The van der Waals surface area contributed by atoms with E-state index in [2.05, 4.69) is 5.32 Å². The molecule has 0 aliphatic carbocycles. The van der Waals surface area contributed by atoms with E-state index in [4.69, 9.17) is 4.74 Å². The fourth-order valence-electron chi connectivity index (χ4n) is 5.13. The molecule has 9 heteroatoms. The zero-order valence-electron chi connectivity index (χ0n) is 27.8. The normalized spacial score (nSPS) is 12.5. The highest BCUT2D eigenvalue weighted by Gasteiger charge is 2.35. The maximum Gasteiger partial charge on any atom is 0.264 e. The number of amides is 2. The van der Waals surface area contributed by atoms with Crippen LogP contribution in [-0.2, 0) is 32.6 Å². The van der Waals surface area contributed by atoms with E-state index in [1.54, 1.807) is 24.3 Å². The van der Waals surface area contributed by atoms with Gasteiger partial charge in [0.25, 0.3) is 10.0 Å². The van der Waals surface area contributed by atoms with Crippen LogP contribution in [0.15, 0.2) is 108 Å². The third-order valence-electron chi connectivity index (χ3n) is 8.07. The monoisotopic (exact) mass is 655 g/mol. The first-order chi connectivity index (χ1) is 22.5. The molecule has 0 saturated heterocycles. The van der Waals surface area contributed by atoms with Gasteiger partial charge >= 0.3 is 0 Å². The zero-order valence-corrected chi connectivity index (χ0v) is 28.7. The molecule has 4 aromatic rings. The molecule has 0 aliphatic rings. The SMILES string of the molecule is CCOc1ccc(S(=O)(=O)N(CC(=O)N(Cc2ccc(C)cc2)[C@H](Cc2ccccc2)C(=O)N[C@H](C)CC)c2ccc(C)cc2)cc1. The molecule has 1 N–H and O–H groups in total. The van der Waals surface area contributed by atoms with Crippen LogP contribution in [0.1, 0.15) is 49.4 Å². The summed E-state index contributed by atoms with van der Waals surface area (Å²) in [5.41, 5.74) is 4.07. The van der Waals surface area contributed by atoms with Crippen LogP contribution in [-0.4, -0.2) is 50.4 Å². The van der Waals surface area contributed by atoms with Gasteiger partial charge < -0.3 is 15.0 Å². The van der Waals surface area contributed by atoms with Crippen LogP contribution in [0.4, 0.5) is 5.69 Å². The fraction of sp³-hybridized carbons (Fsp3) is 0.316. The molecule has 0 fully saturated rings. The van der Waals surface area contributed by atoms with E-state index < -0.39 is 28.5 Å². The number of ether oxygens (including phenoxy) is 1. The Morgan fingerprint density at radius 3 is 1.96 bits per heavy atom. The van der Waals surface area contributed by atoms with Crippen molar-refractivity contribution in [3.05, 3.63) is 125 Å². The summed E-state index contributed by atoms with van der Waals surface area (Å²) in [4.78, 5) is 30.1. The third-order valence-corrected chi connectivity index (χ3v) is 9.86. The van der Waals surface area contributed by atoms with Gasteiger partial charge in [-0.1, -0.05) is 84.8 Å². The first kappa shape index (κ1) is 35.2. The number of sulfonamides is 1. The lowest BCUT2D eigenvalue weighted by molar-refractivity contribution is -0.140. The summed E-state index contributed by atoms with van der Waals surface area (Å²) >= 11 is 0. The molecule has 0 spiro atoms. The number of rotatable bonds is 15. The molecule has 0 saturated carbocycles. The molecule has 0 heterocycles. The molecule has 8 nitrogen and oxygen atoms in total. The largest absolute Gasteiger partial charge is 0.494 e. The second-order valence-electron chi connectivity index (χ2n) is 11.8. The van der Waals surface area contributed by atoms with Crippen molar-refractivity contribution >= 4 is 27.5 Å². The lowest BCUT2D eigenvalue weighted by Crippen LogP contribution is -2.54. The molecule has 47 heavy (non-hydrogen) atoms. The van der Waals surface area contributed by atoms with Crippen LogP contribution in [0.5, 0.6) is 5.75 Å². The van der Waals surface area contributed by atoms with Gasteiger partial charge in [0.2, 0.25) is 11.8 Å². The van der Waals surface area contributed by atoms with Gasteiger partial charge in [0.15, 0.2) is 0 Å². The number of nitrogens with one attached hydrogen (secondary N) is 1. The molecule has 0 bridgehead atoms. The Labute approximate surface area is 279 Å². The molecular weight excluding hydrogens is 611 g/mol. The Balaban J connectivity index is 1.79. The fourth-order valence-corrected chi connectivity index (χ4v) is 6.54. The molecule has 4 aromatic carbocycles. The molecule has 4 rings (SSSR count). The first-order valence-corrected chi connectivity index (χ1v) is 17.5. The van der Waals surface area contributed by atoms with Gasteiger partial charge in [-0.25, -0.2) is 8.42 Å². The predicted molar refractivity (Wildman–Crippen MR) is 187 cm³/mol. The predicted octanol–water partition coefficient (Wildman–Crippen LogP) is 6.45. The van der Waals surface area contributed by atoms with Gasteiger partial charge in [0.1, 0.15) is 18.3 Å². The minimum atomic E-state index is -4.20. The maximum atomic E-state index is 14.6. The topological polar surface area (TPSA) is 96.0 Å². The highest BCUT2D eigenvalue weighted by Crippen LogP contribution is 2.27. The Kier molecular flexibility index (Phi) is 12.2. The van der Waals surface area contributed by atoms with Crippen LogP contribution in [0.3, 0.4) is 0 Å².